The Labute approximate surface area is 122 Å². The van der Waals surface area contributed by atoms with Gasteiger partial charge in [0.05, 0.1) is 6.61 Å². The number of hydrogen-bond donors (Lipinski definition) is 1. The molecule has 104 valence electrons. The van der Waals surface area contributed by atoms with Crippen molar-refractivity contribution in [3.05, 3.63) is 59.4 Å². The van der Waals surface area contributed by atoms with E-state index in [2.05, 4.69) is 6.07 Å². The first-order valence-corrected chi connectivity index (χ1v) is 7.61. The smallest absolute Gasteiger partial charge is 0.127 e. The largest absolute Gasteiger partial charge is 0.493 e. The van der Waals surface area contributed by atoms with Gasteiger partial charge in [-0.15, -0.1) is 11.8 Å². The number of hydrogen-bond acceptors (Lipinski definition) is 3. The molecule has 1 heterocycles. The molecule has 3 rings (SSSR count). The fraction of sp³-hybridized carbons (Fsp3) is 0.250. The number of fused-ring (bicyclic) bond motifs is 1. The molecule has 0 saturated heterocycles. The summed E-state index contributed by atoms with van der Waals surface area (Å²) >= 11 is 1.56. The highest BCUT2D eigenvalue weighted by molar-refractivity contribution is 7.99. The second-order valence-corrected chi connectivity index (χ2v) is 5.90. The van der Waals surface area contributed by atoms with Crippen LogP contribution in [0.3, 0.4) is 0 Å². The number of halogens is 1. The highest BCUT2D eigenvalue weighted by Crippen LogP contribution is 2.34. The first kappa shape index (κ1) is 13.5. The fourth-order valence-electron chi connectivity index (χ4n) is 2.37. The molecule has 0 aliphatic carbocycles. The third-order valence-corrected chi connectivity index (χ3v) is 4.48. The summed E-state index contributed by atoms with van der Waals surface area (Å²) in [5.74, 6) is 1.43. The molecule has 2 nitrogen and oxygen atoms in total. The zero-order valence-corrected chi connectivity index (χ0v) is 11.8. The van der Waals surface area contributed by atoms with Crippen molar-refractivity contribution in [1.29, 1.82) is 0 Å². The highest BCUT2D eigenvalue weighted by Gasteiger charge is 2.19. The molecule has 1 unspecified atom stereocenters. The van der Waals surface area contributed by atoms with E-state index in [-0.39, 0.29) is 11.9 Å². The maximum absolute atomic E-state index is 13.1. The normalized spacial score (nSPS) is 14.7. The van der Waals surface area contributed by atoms with Crippen LogP contribution >= 0.6 is 11.8 Å². The van der Waals surface area contributed by atoms with Gasteiger partial charge in [0, 0.05) is 28.7 Å². The maximum Gasteiger partial charge on any atom is 0.127 e. The van der Waals surface area contributed by atoms with Crippen molar-refractivity contribution in [2.24, 2.45) is 5.73 Å². The van der Waals surface area contributed by atoms with Crippen molar-refractivity contribution in [3.63, 3.8) is 0 Å². The summed E-state index contributed by atoms with van der Waals surface area (Å²) in [6, 6.07) is 12.6. The van der Waals surface area contributed by atoms with Gasteiger partial charge < -0.3 is 10.5 Å². The van der Waals surface area contributed by atoms with Crippen molar-refractivity contribution in [2.45, 2.75) is 17.4 Å². The highest BCUT2D eigenvalue weighted by atomic mass is 32.2. The summed E-state index contributed by atoms with van der Waals surface area (Å²) in [5.41, 5.74) is 8.53. The minimum absolute atomic E-state index is 0.115. The molecule has 0 fully saturated rings. The lowest BCUT2D eigenvalue weighted by Crippen LogP contribution is -2.14. The van der Waals surface area contributed by atoms with Crippen LogP contribution in [0.1, 0.15) is 17.2 Å². The predicted octanol–water partition coefficient (Wildman–Crippen LogP) is 3.55. The number of rotatable bonds is 4. The third kappa shape index (κ3) is 2.81. The van der Waals surface area contributed by atoms with Gasteiger partial charge in [-0.1, -0.05) is 24.3 Å². The number of benzene rings is 2. The van der Waals surface area contributed by atoms with Crippen LogP contribution in [0.25, 0.3) is 0 Å². The lowest BCUT2D eigenvalue weighted by Gasteiger charge is -2.15. The Balaban J connectivity index is 1.71. The summed E-state index contributed by atoms with van der Waals surface area (Å²) in [6.07, 6.45) is 0.951. The van der Waals surface area contributed by atoms with Crippen LogP contribution in [-0.4, -0.2) is 12.4 Å². The first-order valence-electron chi connectivity index (χ1n) is 6.62. The van der Waals surface area contributed by atoms with Crippen LogP contribution in [0.4, 0.5) is 4.39 Å². The Bertz CT molecular complexity index is 617. The van der Waals surface area contributed by atoms with Gasteiger partial charge in [-0.25, -0.2) is 4.39 Å². The Morgan fingerprint density at radius 2 is 2.10 bits per heavy atom. The number of ether oxygens (including phenoxy) is 1. The lowest BCUT2D eigenvalue weighted by molar-refractivity contribution is 0.352. The summed E-state index contributed by atoms with van der Waals surface area (Å²) in [6.45, 7) is 0.732. The molecule has 0 radical (unpaired) electrons. The molecule has 2 aromatic carbocycles. The van der Waals surface area contributed by atoms with Crippen molar-refractivity contribution in [3.8, 4) is 5.75 Å². The van der Waals surface area contributed by atoms with E-state index < -0.39 is 0 Å². The van der Waals surface area contributed by atoms with E-state index in [1.807, 2.05) is 18.2 Å². The first-order chi connectivity index (χ1) is 9.74. The molecule has 0 aromatic heterocycles. The average Bonchev–Trinajstić information content (AvgIpc) is 2.93. The maximum atomic E-state index is 13.1. The van der Waals surface area contributed by atoms with E-state index in [1.54, 1.807) is 17.8 Å². The third-order valence-electron chi connectivity index (χ3n) is 3.37. The number of nitrogens with two attached hydrogens (primary N) is 1. The average molecular weight is 289 g/mol. The minimum atomic E-state index is -0.215. The van der Waals surface area contributed by atoms with Gasteiger partial charge >= 0.3 is 0 Å². The number of thioether (sulfide) groups is 1. The van der Waals surface area contributed by atoms with Crippen LogP contribution in [0.5, 0.6) is 5.75 Å². The predicted molar refractivity (Wildman–Crippen MR) is 79.7 cm³/mol. The van der Waals surface area contributed by atoms with E-state index in [1.165, 1.54) is 17.7 Å². The number of para-hydroxylation sites is 1. The van der Waals surface area contributed by atoms with Crippen LogP contribution < -0.4 is 10.5 Å². The van der Waals surface area contributed by atoms with Gasteiger partial charge in [-0.05, 0) is 23.8 Å². The summed E-state index contributed by atoms with van der Waals surface area (Å²) < 4.78 is 18.8. The molecule has 2 aromatic rings. The molecule has 0 amide bonds. The van der Waals surface area contributed by atoms with Crippen molar-refractivity contribution >= 4 is 11.8 Å². The van der Waals surface area contributed by atoms with E-state index in [9.17, 15) is 4.39 Å². The van der Waals surface area contributed by atoms with Crippen molar-refractivity contribution in [1.82, 2.24) is 0 Å². The van der Waals surface area contributed by atoms with Crippen LogP contribution in [-0.2, 0) is 6.42 Å². The second kappa shape index (κ2) is 5.85. The van der Waals surface area contributed by atoms with Crippen molar-refractivity contribution < 1.29 is 9.13 Å². The Morgan fingerprint density at radius 1 is 1.25 bits per heavy atom. The summed E-state index contributed by atoms with van der Waals surface area (Å²) in [5, 5.41) is 0. The molecule has 4 heteroatoms. The zero-order chi connectivity index (χ0) is 13.9. The van der Waals surface area contributed by atoms with E-state index in [0.717, 1.165) is 29.2 Å². The molecule has 0 saturated carbocycles. The molecule has 0 bridgehead atoms. The lowest BCUT2D eigenvalue weighted by atomic mass is 10.0. The van der Waals surface area contributed by atoms with Crippen LogP contribution in [0.2, 0.25) is 0 Å². The quantitative estimate of drug-likeness (QED) is 0.874. The van der Waals surface area contributed by atoms with E-state index in [4.69, 9.17) is 10.5 Å². The van der Waals surface area contributed by atoms with Gasteiger partial charge in [-0.2, -0.15) is 0 Å². The Morgan fingerprint density at radius 3 is 2.95 bits per heavy atom. The molecule has 2 N–H and O–H groups in total. The SMILES string of the molecule is NC(CSc1cccc(F)c1)c1cccc2c1OCC2. The summed E-state index contributed by atoms with van der Waals surface area (Å²) in [7, 11) is 0. The van der Waals surface area contributed by atoms with E-state index in [0.29, 0.717) is 5.75 Å². The van der Waals surface area contributed by atoms with Gasteiger partial charge in [0.2, 0.25) is 0 Å². The second-order valence-electron chi connectivity index (χ2n) is 4.81. The standard InChI is InChI=1S/C16H16FNOS/c17-12-4-2-5-13(9-12)20-10-15(18)14-6-1-3-11-7-8-19-16(11)14/h1-6,9,15H,7-8,10,18H2. The molecular weight excluding hydrogens is 273 g/mol. The minimum Gasteiger partial charge on any atom is -0.493 e. The van der Waals surface area contributed by atoms with Gasteiger partial charge in [0.1, 0.15) is 11.6 Å². The monoisotopic (exact) mass is 289 g/mol. The molecule has 1 atom stereocenters. The molecule has 1 aliphatic rings. The zero-order valence-electron chi connectivity index (χ0n) is 11.0. The molecule has 20 heavy (non-hydrogen) atoms. The fourth-order valence-corrected chi connectivity index (χ4v) is 3.29. The van der Waals surface area contributed by atoms with Crippen LogP contribution in [0, 0.1) is 5.82 Å². The van der Waals surface area contributed by atoms with Gasteiger partial charge in [-0.3, -0.25) is 0 Å². The van der Waals surface area contributed by atoms with Crippen molar-refractivity contribution in [2.75, 3.05) is 12.4 Å². The van der Waals surface area contributed by atoms with Gasteiger partial charge in [0.15, 0.2) is 0 Å². The molecule has 0 spiro atoms. The Hall–Kier alpha value is -1.52. The Kier molecular flexibility index (Phi) is 3.94. The van der Waals surface area contributed by atoms with E-state index >= 15 is 0 Å². The van der Waals surface area contributed by atoms with Gasteiger partial charge in [0.25, 0.3) is 0 Å². The summed E-state index contributed by atoms with van der Waals surface area (Å²) in [4.78, 5) is 0.897. The topological polar surface area (TPSA) is 35.2 Å². The molecular formula is C16H16FNOS. The van der Waals surface area contributed by atoms with Crippen LogP contribution in [0.15, 0.2) is 47.4 Å². The molecule has 1 aliphatic heterocycles.